The van der Waals surface area contributed by atoms with Crippen molar-refractivity contribution < 1.29 is 9.59 Å². The number of amides is 2. The lowest BCUT2D eigenvalue weighted by Gasteiger charge is -2.10. The molecule has 3 N–H and O–H groups in total. The molecule has 5 nitrogen and oxygen atoms in total. The van der Waals surface area contributed by atoms with Gasteiger partial charge in [-0.05, 0) is 49.2 Å². The van der Waals surface area contributed by atoms with Gasteiger partial charge in [0, 0.05) is 17.8 Å². The number of hydrogen-bond acceptors (Lipinski definition) is 3. The largest absolute Gasteiger partial charge is 0.352 e. The van der Waals surface area contributed by atoms with E-state index in [1.807, 2.05) is 0 Å². The zero-order valence-corrected chi connectivity index (χ0v) is 10.7. The molecule has 2 amide bonds. The second kappa shape index (κ2) is 5.01. The van der Waals surface area contributed by atoms with E-state index in [0.717, 1.165) is 30.8 Å². The van der Waals surface area contributed by atoms with Crippen LogP contribution < -0.4 is 16.0 Å². The maximum atomic E-state index is 12.0. The molecule has 1 aromatic rings. The van der Waals surface area contributed by atoms with Crippen LogP contribution in [0, 0.1) is 5.92 Å². The van der Waals surface area contributed by atoms with Crippen molar-refractivity contribution in [3.05, 3.63) is 29.3 Å². The normalized spacial score (nSPS) is 21.1. The first-order valence-corrected chi connectivity index (χ1v) is 6.64. The van der Waals surface area contributed by atoms with Crippen molar-refractivity contribution in [2.24, 2.45) is 5.92 Å². The summed E-state index contributed by atoms with van der Waals surface area (Å²) in [6.07, 6.45) is 1.48. The van der Waals surface area contributed by atoms with Gasteiger partial charge in [-0.25, -0.2) is 0 Å². The minimum Gasteiger partial charge on any atom is -0.352 e. The van der Waals surface area contributed by atoms with E-state index in [2.05, 4.69) is 16.0 Å². The molecule has 5 heteroatoms. The summed E-state index contributed by atoms with van der Waals surface area (Å²) in [4.78, 5) is 23.3. The highest BCUT2D eigenvalue weighted by molar-refractivity contribution is 6.01. The minimum absolute atomic E-state index is 0.00964. The summed E-state index contributed by atoms with van der Waals surface area (Å²) >= 11 is 0. The van der Waals surface area contributed by atoms with E-state index in [1.54, 1.807) is 18.2 Å². The Bertz CT molecular complexity index is 521. The third-order valence-electron chi connectivity index (χ3n) is 3.71. The first-order chi connectivity index (χ1) is 9.22. The second-order valence-corrected chi connectivity index (χ2v) is 5.17. The fourth-order valence-corrected chi connectivity index (χ4v) is 2.60. The molecule has 0 aliphatic carbocycles. The summed E-state index contributed by atoms with van der Waals surface area (Å²) in [5.41, 5.74) is 2.35. The van der Waals surface area contributed by atoms with E-state index in [0.29, 0.717) is 24.4 Å². The van der Waals surface area contributed by atoms with Crippen molar-refractivity contribution in [2.45, 2.75) is 12.8 Å². The van der Waals surface area contributed by atoms with Gasteiger partial charge in [-0.15, -0.1) is 0 Å². The number of nitrogens with one attached hydrogen (secondary N) is 3. The van der Waals surface area contributed by atoms with Gasteiger partial charge in [0.1, 0.15) is 0 Å². The molecule has 19 heavy (non-hydrogen) atoms. The van der Waals surface area contributed by atoms with Gasteiger partial charge in [-0.1, -0.05) is 0 Å². The SMILES string of the molecule is O=C1Cc2cc(C(=O)NCC3CCNC3)ccc2N1. The van der Waals surface area contributed by atoms with E-state index >= 15 is 0 Å². The van der Waals surface area contributed by atoms with E-state index < -0.39 is 0 Å². The molecular formula is C14H17N3O2. The number of carbonyl (C=O) groups excluding carboxylic acids is 2. The smallest absolute Gasteiger partial charge is 0.251 e. The lowest BCUT2D eigenvalue weighted by Crippen LogP contribution is -2.30. The van der Waals surface area contributed by atoms with Gasteiger partial charge in [0.15, 0.2) is 0 Å². The summed E-state index contributed by atoms with van der Waals surface area (Å²) in [6.45, 7) is 2.72. The van der Waals surface area contributed by atoms with Gasteiger partial charge in [-0.3, -0.25) is 9.59 Å². The van der Waals surface area contributed by atoms with Crippen molar-refractivity contribution in [1.29, 1.82) is 0 Å². The van der Waals surface area contributed by atoms with Crippen LogP contribution >= 0.6 is 0 Å². The molecule has 0 radical (unpaired) electrons. The van der Waals surface area contributed by atoms with Gasteiger partial charge in [0.05, 0.1) is 6.42 Å². The number of carbonyl (C=O) groups is 2. The van der Waals surface area contributed by atoms with Crippen LogP contribution in [-0.4, -0.2) is 31.4 Å². The van der Waals surface area contributed by atoms with Crippen molar-refractivity contribution in [3.63, 3.8) is 0 Å². The molecule has 1 atom stereocenters. The monoisotopic (exact) mass is 259 g/mol. The van der Waals surface area contributed by atoms with Crippen molar-refractivity contribution >= 4 is 17.5 Å². The minimum atomic E-state index is -0.0611. The maximum absolute atomic E-state index is 12.0. The fourth-order valence-electron chi connectivity index (χ4n) is 2.60. The highest BCUT2D eigenvalue weighted by Crippen LogP contribution is 2.23. The molecule has 1 unspecified atom stereocenters. The molecule has 0 bridgehead atoms. The molecular weight excluding hydrogens is 242 g/mol. The molecule has 2 heterocycles. The van der Waals surface area contributed by atoms with Gasteiger partial charge < -0.3 is 16.0 Å². The average Bonchev–Trinajstić information content (AvgIpc) is 3.02. The molecule has 0 spiro atoms. The van der Waals surface area contributed by atoms with Crippen LogP contribution in [0.25, 0.3) is 0 Å². The van der Waals surface area contributed by atoms with Crippen LogP contribution in [0.3, 0.4) is 0 Å². The first kappa shape index (κ1) is 12.2. The Morgan fingerprint density at radius 1 is 1.42 bits per heavy atom. The second-order valence-electron chi connectivity index (χ2n) is 5.17. The van der Waals surface area contributed by atoms with Crippen LogP contribution in [0.1, 0.15) is 22.3 Å². The molecule has 1 saturated heterocycles. The molecule has 1 aromatic carbocycles. The fraction of sp³-hybridized carbons (Fsp3) is 0.429. The summed E-state index contributed by atoms with van der Waals surface area (Å²) < 4.78 is 0. The number of rotatable bonds is 3. The Labute approximate surface area is 111 Å². The predicted octanol–water partition coefficient (Wildman–Crippen LogP) is 0.520. The van der Waals surface area contributed by atoms with Gasteiger partial charge in [0.25, 0.3) is 5.91 Å². The van der Waals surface area contributed by atoms with Crippen LogP contribution in [0.15, 0.2) is 18.2 Å². The van der Waals surface area contributed by atoms with Crippen LogP contribution in [0.5, 0.6) is 0 Å². The molecule has 100 valence electrons. The summed E-state index contributed by atoms with van der Waals surface area (Å²) in [5, 5.41) is 9.00. The first-order valence-electron chi connectivity index (χ1n) is 6.64. The zero-order chi connectivity index (χ0) is 13.2. The molecule has 0 saturated carbocycles. The predicted molar refractivity (Wildman–Crippen MR) is 72.1 cm³/mol. The van der Waals surface area contributed by atoms with Crippen molar-refractivity contribution in [2.75, 3.05) is 25.0 Å². The number of anilines is 1. The number of benzene rings is 1. The van der Waals surface area contributed by atoms with E-state index in [9.17, 15) is 9.59 Å². The topological polar surface area (TPSA) is 70.2 Å². The summed E-state index contributed by atoms with van der Waals surface area (Å²) in [5.74, 6) is 0.459. The van der Waals surface area contributed by atoms with Crippen molar-refractivity contribution in [3.8, 4) is 0 Å². The number of hydrogen-bond donors (Lipinski definition) is 3. The highest BCUT2D eigenvalue weighted by Gasteiger charge is 2.20. The van der Waals surface area contributed by atoms with Crippen LogP contribution in [-0.2, 0) is 11.2 Å². The van der Waals surface area contributed by atoms with Gasteiger partial charge in [0.2, 0.25) is 5.91 Å². The summed E-state index contributed by atoms with van der Waals surface area (Å²) in [7, 11) is 0. The Morgan fingerprint density at radius 3 is 3.11 bits per heavy atom. The lowest BCUT2D eigenvalue weighted by atomic mass is 10.1. The molecule has 2 aliphatic heterocycles. The third-order valence-corrected chi connectivity index (χ3v) is 3.71. The molecule has 1 fully saturated rings. The Kier molecular flexibility index (Phi) is 3.21. The van der Waals surface area contributed by atoms with Crippen LogP contribution in [0.4, 0.5) is 5.69 Å². The Balaban J connectivity index is 1.63. The summed E-state index contributed by atoms with van der Waals surface area (Å²) in [6, 6.07) is 5.36. The standard InChI is InChI=1S/C14H17N3O2/c18-13-6-11-5-10(1-2-12(11)17-13)14(19)16-8-9-3-4-15-7-9/h1-2,5,9,15H,3-4,6-8H2,(H,16,19)(H,17,18). The van der Waals surface area contributed by atoms with Gasteiger partial charge >= 0.3 is 0 Å². The van der Waals surface area contributed by atoms with E-state index in [4.69, 9.17) is 0 Å². The van der Waals surface area contributed by atoms with Gasteiger partial charge in [-0.2, -0.15) is 0 Å². The molecule has 2 aliphatic rings. The third kappa shape index (κ3) is 2.61. The van der Waals surface area contributed by atoms with Crippen LogP contribution in [0.2, 0.25) is 0 Å². The van der Waals surface area contributed by atoms with E-state index in [-0.39, 0.29) is 11.8 Å². The lowest BCUT2D eigenvalue weighted by molar-refractivity contribution is -0.115. The highest BCUT2D eigenvalue weighted by atomic mass is 16.2. The Hall–Kier alpha value is -1.88. The zero-order valence-electron chi connectivity index (χ0n) is 10.7. The molecule has 0 aromatic heterocycles. The van der Waals surface area contributed by atoms with Crippen molar-refractivity contribution in [1.82, 2.24) is 10.6 Å². The van der Waals surface area contributed by atoms with E-state index in [1.165, 1.54) is 0 Å². The number of fused-ring (bicyclic) bond motifs is 1. The maximum Gasteiger partial charge on any atom is 0.251 e. The molecule has 3 rings (SSSR count). The average molecular weight is 259 g/mol. The Morgan fingerprint density at radius 2 is 2.32 bits per heavy atom. The quantitative estimate of drug-likeness (QED) is 0.741.